The normalized spacial score (nSPS) is 30.4. The Labute approximate surface area is 232 Å². The van der Waals surface area contributed by atoms with Crippen LogP contribution in [0.2, 0.25) is 0 Å². The maximum Gasteiger partial charge on any atom is -0.0199 e. The monoisotopic (exact) mass is 506 g/mol. The van der Waals surface area contributed by atoms with Crippen molar-refractivity contribution < 1.29 is 0 Å². The van der Waals surface area contributed by atoms with E-state index in [9.17, 15) is 0 Å². The molecule has 4 aliphatic rings. The molecule has 4 atom stereocenters. The second kappa shape index (κ2) is 18.1. The van der Waals surface area contributed by atoms with Crippen LogP contribution in [0.25, 0.3) is 0 Å². The molecule has 4 rings (SSSR count). The third-order valence-electron chi connectivity index (χ3n) is 9.91. The minimum absolute atomic E-state index is 0.764. The van der Waals surface area contributed by atoms with Gasteiger partial charge in [-0.2, -0.15) is 0 Å². The summed E-state index contributed by atoms with van der Waals surface area (Å²) < 4.78 is 0. The summed E-state index contributed by atoms with van der Waals surface area (Å²) in [6, 6.07) is 0. The van der Waals surface area contributed by atoms with E-state index in [1.54, 1.807) is 0 Å². The lowest BCUT2D eigenvalue weighted by molar-refractivity contribution is 0.168. The quantitative estimate of drug-likeness (QED) is 0.301. The van der Waals surface area contributed by atoms with E-state index in [1.807, 2.05) is 6.08 Å². The average Bonchev–Trinajstić information content (AvgIpc) is 2.95. The topological polar surface area (TPSA) is 0 Å². The summed E-state index contributed by atoms with van der Waals surface area (Å²) >= 11 is 0. The van der Waals surface area contributed by atoms with Crippen LogP contribution < -0.4 is 0 Å². The third kappa shape index (κ3) is 12.4. The number of allylic oxidation sites excluding steroid dienone is 8. The van der Waals surface area contributed by atoms with Gasteiger partial charge in [-0.25, -0.2) is 0 Å². The Hall–Kier alpha value is -1.30. The van der Waals surface area contributed by atoms with Crippen molar-refractivity contribution in [1.29, 1.82) is 0 Å². The summed E-state index contributed by atoms with van der Waals surface area (Å²) in [6.07, 6.45) is 35.1. The van der Waals surface area contributed by atoms with Crippen molar-refractivity contribution in [3.63, 3.8) is 0 Å². The van der Waals surface area contributed by atoms with Gasteiger partial charge in [0.25, 0.3) is 0 Å². The van der Waals surface area contributed by atoms with Crippen LogP contribution in [0.15, 0.2) is 61.3 Å². The average molecular weight is 507 g/mol. The van der Waals surface area contributed by atoms with Crippen LogP contribution in [0.3, 0.4) is 0 Å². The smallest absolute Gasteiger partial charge is 0.0199 e. The van der Waals surface area contributed by atoms with Crippen LogP contribution in [0.4, 0.5) is 0 Å². The molecular formula is C37H62. The Morgan fingerprint density at radius 1 is 0.865 bits per heavy atom. The fraction of sp³-hybridized carbons (Fsp3) is 0.730. The first-order valence-electron chi connectivity index (χ1n) is 16.1. The van der Waals surface area contributed by atoms with E-state index in [4.69, 9.17) is 0 Å². The molecule has 0 saturated heterocycles. The molecular weight excluding hydrogens is 444 g/mol. The Balaban J connectivity index is 0.000000244. The van der Waals surface area contributed by atoms with Gasteiger partial charge in [0.15, 0.2) is 0 Å². The summed E-state index contributed by atoms with van der Waals surface area (Å²) in [4.78, 5) is 0. The van der Waals surface area contributed by atoms with Crippen LogP contribution in [0.5, 0.6) is 0 Å². The van der Waals surface area contributed by atoms with Crippen LogP contribution >= 0.6 is 0 Å². The lowest BCUT2D eigenvalue weighted by atomic mass is 9.68. The van der Waals surface area contributed by atoms with Crippen molar-refractivity contribution in [3.8, 4) is 0 Å². The summed E-state index contributed by atoms with van der Waals surface area (Å²) in [7, 11) is 0. The van der Waals surface area contributed by atoms with E-state index in [1.165, 1.54) is 95.5 Å². The highest BCUT2D eigenvalue weighted by atomic mass is 14.4. The van der Waals surface area contributed by atoms with E-state index in [0.29, 0.717) is 0 Å². The summed E-state index contributed by atoms with van der Waals surface area (Å²) in [5.74, 6) is 7.25. The number of hydrogen-bond donors (Lipinski definition) is 0. The van der Waals surface area contributed by atoms with E-state index in [2.05, 4.69) is 84.2 Å². The molecule has 0 amide bonds. The Morgan fingerprint density at radius 2 is 1.62 bits per heavy atom. The fourth-order valence-corrected chi connectivity index (χ4v) is 6.58. The maximum atomic E-state index is 3.75. The molecule has 4 unspecified atom stereocenters. The number of hydrogen-bond acceptors (Lipinski definition) is 0. The van der Waals surface area contributed by atoms with Gasteiger partial charge >= 0.3 is 0 Å². The van der Waals surface area contributed by atoms with Crippen molar-refractivity contribution in [2.45, 2.75) is 125 Å². The molecule has 1 fully saturated rings. The van der Waals surface area contributed by atoms with Gasteiger partial charge in [-0.3, -0.25) is 0 Å². The van der Waals surface area contributed by atoms with Crippen molar-refractivity contribution in [2.75, 3.05) is 0 Å². The van der Waals surface area contributed by atoms with Crippen LogP contribution in [-0.4, -0.2) is 0 Å². The minimum atomic E-state index is 0.764. The van der Waals surface area contributed by atoms with Crippen LogP contribution in [0, 0.1) is 47.3 Å². The largest absolute Gasteiger partial charge is 0.103 e. The standard InChI is InChI=1S/C21H38.2C8H12/c1-15(2)17(5)13-18-9-11-19(12-10-18)21-8-6-7-20(14-21)16(3)4;2*1-2-8-6-4-3-5-7-8/h6,8,15-21H,7,9-14H2,1-5H3;2,6H,1,3-5,7H2;2-4,8H,1,5-7H2. The molecule has 0 aromatic rings. The number of rotatable bonds is 7. The van der Waals surface area contributed by atoms with Gasteiger partial charge in [0, 0.05) is 0 Å². The second-order valence-corrected chi connectivity index (χ2v) is 13.3. The predicted molar refractivity (Wildman–Crippen MR) is 168 cm³/mol. The van der Waals surface area contributed by atoms with Crippen molar-refractivity contribution in [3.05, 3.63) is 61.3 Å². The Kier molecular flexibility index (Phi) is 15.6. The van der Waals surface area contributed by atoms with Gasteiger partial charge in [-0.15, -0.1) is 6.58 Å². The summed E-state index contributed by atoms with van der Waals surface area (Å²) in [5, 5.41) is 0. The molecule has 0 aromatic heterocycles. The molecule has 4 aliphatic carbocycles. The molecule has 1 saturated carbocycles. The fourth-order valence-electron chi connectivity index (χ4n) is 6.58. The summed E-state index contributed by atoms with van der Waals surface area (Å²) in [6.45, 7) is 19.5. The SMILES string of the molecule is C=CC1=CCCCC1.C=CC1CC=CCC1.CC(C)C(C)CC1CCC(C2C=CCC(C(C)C)C2)CC1. The van der Waals surface area contributed by atoms with Gasteiger partial charge in [-0.05, 0) is 124 Å². The van der Waals surface area contributed by atoms with Gasteiger partial charge in [0.2, 0.25) is 0 Å². The first kappa shape index (κ1) is 31.9. The maximum absolute atomic E-state index is 3.75. The molecule has 0 nitrogen and oxygen atoms in total. The van der Waals surface area contributed by atoms with E-state index < -0.39 is 0 Å². The molecule has 0 aromatic carbocycles. The highest BCUT2D eigenvalue weighted by molar-refractivity contribution is 5.17. The van der Waals surface area contributed by atoms with Crippen molar-refractivity contribution >= 4 is 0 Å². The molecule has 37 heavy (non-hydrogen) atoms. The van der Waals surface area contributed by atoms with E-state index in [0.717, 1.165) is 47.3 Å². The zero-order valence-electron chi connectivity index (χ0n) is 25.5. The first-order valence-corrected chi connectivity index (χ1v) is 16.1. The summed E-state index contributed by atoms with van der Waals surface area (Å²) in [5.41, 5.74) is 1.44. The van der Waals surface area contributed by atoms with Gasteiger partial charge in [0.05, 0.1) is 0 Å². The molecule has 0 spiro atoms. The van der Waals surface area contributed by atoms with E-state index >= 15 is 0 Å². The molecule has 0 heteroatoms. The molecule has 0 N–H and O–H groups in total. The zero-order valence-corrected chi connectivity index (χ0v) is 25.5. The minimum Gasteiger partial charge on any atom is -0.103 e. The first-order chi connectivity index (χ1) is 17.8. The molecule has 0 bridgehead atoms. The second-order valence-electron chi connectivity index (χ2n) is 13.3. The van der Waals surface area contributed by atoms with Crippen molar-refractivity contribution in [1.82, 2.24) is 0 Å². The lowest BCUT2D eigenvalue weighted by Gasteiger charge is -2.37. The molecule has 0 aliphatic heterocycles. The van der Waals surface area contributed by atoms with Crippen molar-refractivity contribution in [2.24, 2.45) is 47.3 Å². The highest BCUT2D eigenvalue weighted by Crippen LogP contribution is 2.42. The van der Waals surface area contributed by atoms with Gasteiger partial charge in [-0.1, -0.05) is 102 Å². The third-order valence-corrected chi connectivity index (χ3v) is 9.91. The van der Waals surface area contributed by atoms with Gasteiger partial charge < -0.3 is 0 Å². The predicted octanol–water partition coefficient (Wildman–Crippen LogP) is 11.9. The zero-order chi connectivity index (χ0) is 27.0. The van der Waals surface area contributed by atoms with Crippen LogP contribution in [-0.2, 0) is 0 Å². The van der Waals surface area contributed by atoms with E-state index in [-0.39, 0.29) is 0 Å². The highest BCUT2D eigenvalue weighted by Gasteiger charge is 2.30. The Bertz CT molecular complexity index is 708. The van der Waals surface area contributed by atoms with Crippen LogP contribution in [0.1, 0.15) is 125 Å². The molecule has 0 heterocycles. The Morgan fingerprint density at radius 3 is 2.11 bits per heavy atom. The molecule has 0 radical (unpaired) electrons. The molecule has 210 valence electrons. The lowest BCUT2D eigenvalue weighted by Crippen LogP contribution is -2.26. The van der Waals surface area contributed by atoms with Gasteiger partial charge in [0.1, 0.15) is 0 Å².